The Labute approximate surface area is 128 Å². The second-order valence-electron chi connectivity index (χ2n) is 2.43. The molecule has 0 fully saturated rings. The largest absolute Gasteiger partial charge is 1.00 e. The van der Waals surface area contributed by atoms with Gasteiger partial charge in [-0.1, -0.05) is 0 Å². The van der Waals surface area contributed by atoms with Crippen LogP contribution in [0.4, 0.5) is 11.4 Å². The minimum atomic E-state index is -4.62. The number of benzene rings is 1. The van der Waals surface area contributed by atoms with Crippen LogP contribution < -0.4 is 57.1 Å². The van der Waals surface area contributed by atoms with E-state index in [0.29, 0.717) is 0 Å². The SMILES string of the molecule is Nc1cc(S(=O)(=O)[O-])ccc1[N+](=O)[O-].[K+]. The van der Waals surface area contributed by atoms with Crippen LogP contribution >= 0.6 is 0 Å². The van der Waals surface area contributed by atoms with E-state index < -0.39 is 25.6 Å². The molecule has 0 aliphatic heterocycles. The molecule has 0 amide bonds. The molecule has 0 saturated carbocycles. The Morgan fingerprint density at radius 1 is 1.33 bits per heavy atom. The summed E-state index contributed by atoms with van der Waals surface area (Å²) in [4.78, 5) is 8.93. The molecule has 76 valence electrons. The maximum absolute atomic E-state index is 10.5. The molecule has 2 N–H and O–H groups in total. The second kappa shape index (κ2) is 5.34. The molecule has 1 aromatic carbocycles. The zero-order valence-electron chi connectivity index (χ0n) is 7.71. The molecule has 0 unspecified atom stereocenters. The number of nitrogens with zero attached hydrogens (tertiary/aromatic N) is 1. The predicted molar refractivity (Wildman–Crippen MR) is 45.5 cm³/mol. The number of nitro groups is 1. The molecular formula is C6H5KN2O5S. The van der Waals surface area contributed by atoms with Gasteiger partial charge in [0.25, 0.3) is 5.69 Å². The van der Waals surface area contributed by atoms with Crippen LogP contribution in [0.1, 0.15) is 0 Å². The summed E-state index contributed by atoms with van der Waals surface area (Å²) in [5.74, 6) is 0. The normalized spacial score (nSPS) is 10.5. The summed E-state index contributed by atoms with van der Waals surface area (Å²) < 4.78 is 31.5. The fourth-order valence-electron chi connectivity index (χ4n) is 0.854. The van der Waals surface area contributed by atoms with Crippen molar-refractivity contribution in [2.45, 2.75) is 4.90 Å². The topological polar surface area (TPSA) is 126 Å². The van der Waals surface area contributed by atoms with Crippen LogP contribution in [0.15, 0.2) is 23.1 Å². The molecule has 7 nitrogen and oxygen atoms in total. The Morgan fingerprint density at radius 2 is 1.87 bits per heavy atom. The van der Waals surface area contributed by atoms with Crippen molar-refractivity contribution in [2.75, 3.05) is 5.73 Å². The Balaban J connectivity index is 0.00000196. The molecule has 9 heteroatoms. The minimum absolute atomic E-state index is 0. The molecule has 1 aromatic rings. The third kappa shape index (κ3) is 3.79. The molecule has 0 aliphatic rings. The summed E-state index contributed by atoms with van der Waals surface area (Å²) >= 11 is 0. The van der Waals surface area contributed by atoms with Crippen molar-refractivity contribution in [2.24, 2.45) is 0 Å². The first-order valence-electron chi connectivity index (χ1n) is 3.32. The third-order valence-corrected chi connectivity index (χ3v) is 2.32. The van der Waals surface area contributed by atoms with Crippen molar-refractivity contribution in [3.05, 3.63) is 28.3 Å². The van der Waals surface area contributed by atoms with E-state index in [2.05, 4.69) is 0 Å². The first-order chi connectivity index (χ1) is 6.32. The van der Waals surface area contributed by atoms with Crippen LogP contribution in [0.2, 0.25) is 0 Å². The first-order valence-corrected chi connectivity index (χ1v) is 4.73. The van der Waals surface area contributed by atoms with Gasteiger partial charge in [-0.3, -0.25) is 10.1 Å². The van der Waals surface area contributed by atoms with Crippen molar-refractivity contribution < 1.29 is 69.3 Å². The monoisotopic (exact) mass is 256 g/mol. The predicted octanol–water partition coefficient (Wildman–Crippen LogP) is -2.91. The van der Waals surface area contributed by atoms with Gasteiger partial charge in [0, 0.05) is 6.07 Å². The van der Waals surface area contributed by atoms with E-state index in [0.717, 1.165) is 18.2 Å². The van der Waals surface area contributed by atoms with Gasteiger partial charge in [0.2, 0.25) is 0 Å². The smallest absolute Gasteiger partial charge is 0.744 e. The molecule has 0 aromatic heterocycles. The van der Waals surface area contributed by atoms with E-state index in [1.54, 1.807) is 0 Å². The first kappa shape index (κ1) is 15.0. The Morgan fingerprint density at radius 3 is 2.20 bits per heavy atom. The van der Waals surface area contributed by atoms with Crippen LogP contribution in [-0.4, -0.2) is 17.9 Å². The third-order valence-electron chi connectivity index (χ3n) is 1.48. The van der Waals surface area contributed by atoms with Gasteiger partial charge in [0.05, 0.1) is 9.82 Å². The number of rotatable bonds is 2. The maximum atomic E-state index is 10.5. The van der Waals surface area contributed by atoms with Gasteiger partial charge in [-0.25, -0.2) is 8.42 Å². The van der Waals surface area contributed by atoms with Crippen LogP contribution in [-0.2, 0) is 10.1 Å². The van der Waals surface area contributed by atoms with Crippen molar-refractivity contribution >= 4 is 21.5 Å². The van der Waals surface area contributed by atoms with Gasteiger partial charge in [-0.15, -0.1) is 0 Å². The summed E-state index contributed by atoms with van der Waals surface area (Å²) in [6, 6.07) is 2.48. The number of hydrogen-bond donors (Lipinski definition) is 1. The molecule has 1 rings (SSSR count). The molecular weight excluding hydrogens is 251 g/mol. The fourth-order valence-corrected chi connectivity index (χ4v) is 1.36. The van der Waals surface area contributed by atoms with Crippen molar-refractivity contribution in [3.63, 3.8) is 0 Å². The number of nitrogen functional groups attached to an aromatic ring is 1. The van der Waals surface area contributed by atoms with Gasteiger partial charge in [-0.2, -0.15) is 0 Å². The van der Waals surface area contributed by atoms with Crippen LogP contribution in [0.3, 0.4) is 0 Å². The van der Waals surface area contributed by atoms with Crippen LogP contribution in [0.5, 0.6) is 0 Å². The molecule has 15 heavy (non-hydrogen) atoms. The fraction of sp³-hybridized carbons (Fsp3) is 0. The Bertz CT molecular complexity index is 486. The maximum Gasteiger partial charge on any atom is 1.00 e. The average Bonchev–Trinajstić information content (AvgIpc) is 2.01. The second-order valence-corrected chi connectivity index (χ2v) is 3.81. The van der Waals surface area contributed by atoms with Gasteiger partial charge < -0.3 is 10.3 Å². The number of anilines is 1. The van der Waals surface area contributed by atoms with Gasteiger partial charge in [-0.05, 0) is 12.1 Å². The summed E-state index contributed by atoms with van der Waals surface area (Å²) in [7, 11) is -4.62. The molecule has 0 saturated heterocycles. The zero-order valence-corrected chi connectivity index (χ0v) is 11.6. The average molecular weight is 256 g/mol. The van der Waals surface area contributed by atoms with Crippen molar-refractivity contribution in [1.29, 1.82) is 0 Å². The zero-order chi connectivity index (χ0) is 10.9. The number of nitro benzene ring substituents is 1. The summed E-state index contributed by atoms with van der Waals surface area (Å²) in [5.41, 5.74) is 4.39. The quantitative estimate of drug-likeness (QED) is 0.199. The molecule has 0 heterocycles. The number of hydrogen-bond acceptors (Lipinski definition) is 6. The summed E-state index contributed by atoms with van der Waals surface area (Å²) in [5, 5.41) is 10.3. The van der Waals surface area contributed by atoms with Gasteiger partial charge in [0.1, 0.15) is 15.8 Å². The Hall–Kier alpha value is -0.0336. The summed E-state index contributed by atoms with van der Waals surface area (Å²) in [6.07, 6.45) is 0. The molecule has 0 atom stereocenters. The number of nitrogens with two attached hydrogens (primary N) is 1. The van der Waals surface area contributed by atoms with Crippen LogP contribution in [0, 0.1) is 10.1 Å². The minimum Gasteiger partial charge on any atom is -0.744 e. The molecule has 0 bridgehead atoms. The standard InChI is InChI=1S/C6H6N2O5S.K/c7-5-3-4(14(11,12)13)1-2-6(5)8(9)10;/h1-3H,7H2,(H,11,12,13);/q;+1/p-1. The van der Waals surface area contributed by atoms with E-state index in [4.69, 9.17) is 5.73 Å². The summed E-state index contributed by atoms with van der Waals surface area (Å²) in [6.45, 7) is 0. The van der Waals surface area contributed by atoms with E-state index in [-0.39, 0.29) is 57.1 Å². The van der Waals surface area contributed by atoms with E-state index >= 15 is 0 Å². The van der Waals surface area contributed by atoms with Crippen molar-refractivity contribution in [1.82, 2.24) is 0 Å². The van der Waals surface area contributed by atoms with E-state index in [1.807, 2.05) is 0 Å². The van der Waals surface area contributed by atoms with Gasteiger partial charge in [0.15, 0.2) is 0 Å². The van der Waals surface area contributed by atoms with Crippen LogP contribution in [0.25, 0.3) is 0 Å². The van der Waals surface area contributed by atoms with E-state index in [1.165, 1.54) is 0 Å². The molecule has 0 aliphatic carbocycles. The van der Waals surface area contributed by atoms with Crippen molar-refractivity contribution in [3.8, 4) is 0 Å². The molecule has 0 radical (unpaired) electrons. The Kier molecular flexibility index (Phi) is 5.33. The van der Waals surface area contributed by atoms with Gasteiger partial charge >= 0.3 is 51.4 Å². The molecule has 0 spiro atoms. The van der Waals surface area contributed by atoms with E-state index in [9.17, 15) is 23.1 Å².